The molecule has 142 valence electrons. The van der Waals surface area contributed by atoms with Gasteiger partial charge in [-0.2, -0.15) is 5.10 Å². The van der Waals surface area contributed by atoms with Gasteiger partial charge in [0.2, 0.25) is 4.77 Å². The molecule has 0 aliphatic heterocycles. The van der Waals surface area contributed by atoms with E-state index in [1.165, 1.54) is 0 Å². The second-order valence-corrected chi connectivity index (χ2v) is 6.85. The molecule has 0 aliphatic rings. The van der Waals surface area contributed by atoms with Crippen molar-refractivity contribution in [1.29, 1.82) is 0 Å². The van der Waals surface area contributed by atoms with Crippen LogP contribution in [0, 0.1) is 4.77 Å². The number of H-pyrrole nitrogens is 1. The Balaban J connectivity index is 1.75. The summed E-state index contributed by atoms with van der Waals surface area (Å²) in [6.07, 6.45) is 1.57. The van der Waals surface area contributed by atoms with Gasteiger partial charge in [-0.3, -0.25) is 5.10 Å². The van der Waals surface area contributed by atoms with Gasteiger partial charge < -0.3 is 14.9 Å². The third-order valence-corrected chi connectivity index (χ3v) is 4.49. The molecule has 0 saturated heterocycles. The molecule has 0 amide bonds. The Morgan fingerprint density at radius 3 is 2.59 bits per heavy atom. The van der Waals surface area contributed by atoms with Crippen LogP contribution in [0.1, 0.15) is 18.1 Å². The lowest BCUT2D eigenvalue weighted by Gasteiger charge is -2.16. The molecular weight excluding hydrogens is 407 g/mol. The molecule has 0 fully saturated rings. The van der Waals surface area contributed by atoms with Gasteiger partial charge in [0, 0.05) is 5.02 Å². The highest BCUT2D eigenvalue weighted by atomic mass is 35.5. The number of ether oxygens (including phenoxy) is 2. The van der Waals surface area contributed by atoms with Crippen molar-refractivity contribution in [2.45, 2.75) is 20.1 Å². The molecule has 2 aromatic carbocycles. The topological polar surface area (TPSA) is 64.1 Å². The van der Waals surface area contributed by atoms with Gasteiger partial charge in [0.25, 0.3) is 0 Å². The number of nitrogens with one attached hydrogen (secondary N) is 2. The molecule has 0 unspecified atom stereocenters. The molecule has 0 bridgehead atoms. The summed E-state index contributed by atoms with van der Waals surface area (Å²) in [5, 5.41) is 7.70. The second kappa shape index (κ2) is 9.12. The van der Waals surface area contributed by atoms with Crippen molar-refractivity contribution in [2.75, 3.05) is 12.0 Å². The summed E-state index contributed by atoms with van der Waals surface area (Å²) in [6.45, 7) is 3.26. The highest BCUT2D eigenvalue weighted by Gasteiger charge is 2.13. The van der Waals surface area contributed by atoms with E-state index in [4.69, 9.17) is 44.9 Å². The molecule has 0 spiro atoms. The molecule has 9 heteroatoms. The molecule has 1 heterocycles. The lowest BCUT2D eigenvalue weighted by Crippen LogP contribution is -2.13. The highest BCUT2D eigenvalue weighted by molar-refractivity contribution is 7.71. The summed E-state index contributed by atoms with van der Waals surface area (Å²) in [5.74, 6) is 1.10. The standard InChI is InChI=1S/C18H18Cl2N4O2S/c1-2-25-16-8-13(9-22-24-11-21-23-18(24)27)7-15(20)17(16)26-10-12-3-5-14(19)6-4-12/h3-8,11,22H,2,9-10H2,1H3,(H,23,27). The number of hydrogen-bond donors (Lipinski definition) is 2. The number of aromatic amines is 1. The quantitative estimate of drug-likeness (QED) is 0.499. The molecule has 2 N–H and O–H groups in total. The first-order valence-electron chi connectivity index (χ1n) is 8.25. The normalized spacial score (nSPS) is 10.6. The fourth-order valence-corrected chi connectivity index (χ4v) is 2.98. The first-order chi connectivity index (χ1) is 13.1. The van der Waals surface area contributed by atoms with Gasteiger partial charge in [-0.1, -0.05) is 35.3 Å². The highest BCUT2D eigenvalue weighted by Crippen LogP contribution is 2.37. The van der Waals surface area contributed by atoms with Gasteiger partial charge >= 0.3 is 0 Å². The molecule has 0 atom stereocenters. The predicted octanol–water partition coefficient (Wildman–Crippen LogP) is 4.97. The van der Waals surface area contributed by atoms with Crippen LogP contribution in [0.15, 0.2) is 42.7 Å². The Morgan fingerprint density at radius 1 is 1.15 bits per heavy atom. The summed E-state index contributed by atoms with van der Waals surface area (Å²) in [4.78, 5) is 0. The first-order valence-corrected chi connectivity index (χ1v) is 9.41. The van der Waals surface area contributed by atoms with Gasteiger partial charge in [0.05, 0.1) is 18.2 Å². The zero-order valence-electron chi connectivity index (χ0n) is 14.5. The van der Waals surface area contributed by atoms with Crippen LogP contribution in [-0.4, -0.2) is 21.5 Å². The summed E-state index contributed by atoms with van der Waals surface area (Å²) < 4.78 is 13.7. The fraction of sp³-hybridized carbons (Fsp3) is 0.222. The Morgan fingerprint density at radius 2 is 1.93 bits per heavy atom. The maximum Gasteiger partial charge on any atom is 0.214 e. The van der Waals surface area contributed by atoms with Gasteiger partial charge in [0.15, 0.2) is 11.5 Å². The van der Waals surface area contributed by atoms with E-state index in [-0.39, 0.29) is 0 Å². The largest absolute Gasteiger partial charge is 0.490 e. The Kier molecular flexibility index (Phi) is 6.60. The molecule has 3 aromatic rings. The average Bonchev–Trinajstić information content (AvgIpc) is 3.06. The molecule has 0 saturated carbocycles. The maximum atomic E-state index is 6.45. The van der Waals surface area contributed by atoms with E-state index in [0.29, 0.717) is 46.1 Å². The number of hydrogen-bond acceptors (Lipinski definition) is 5. The number of rotatable bonds is 8. The molecule has 27 heavy (non-hydrogen) atoms. The second-order valence-electron chi connectivity index (χ2n) is 5.62. The van der Waals surface area contributed by atoms with Crippen LogP contribution < -0.4 is 14.9 Å². The van der Waals surface area contributed by atoms with E-state index in [9.17, 15) is 0 Å². The lowest BCUT2D eigenvalue weighted by atomic mass is 10.2. The Labute approximate surface area is 172 Å². The minimum Gasteiger partial charge on any atom is -0.490 e. The Hall–Kier alpha value is -2.22. The fourth-order valence-electron chi connectivity index (χ4n) is 2.40. The van der Waals surface area contributed by atoms with E-state index < -0.39 is 0 Å². The summed E-state index contributed by atoms with van der Waals surface area (Å²) in [5.41, 5.74) is 5.05. The monoisotopic (exact) mass is 424 g/mol. The first kappa shape index (κ1) is 19.5. The van der Waals surface area contributed by atoms with Gasteiger partial charge in [-0.15, -0.1) is 0 Å². The zero-order chi connectivity index (χ0) is 19.2. The van der Waals surface area contributed by atoms with Crippen molar-refractivity contribution >= 4 is 35.4 Å². The van der Waals surface area contributed by atoms with Crippen molar-refractivity contribution in [3.63, 3.8) is 0 Å². The van der Waals surface area contributed by atoms with Crippen LogP contribution in [0.25, 0.3) is 0 Å². The van der Waals surface area contributed by atoms with Crippen LogP contribution >= 0.6 is 35.4 Å². The smallest absolute Gasteiger partial charge is 0.214 e. The molecule has 0 radical (unpaired) electrons. The van der Waals surface area contributed by atoms with Crippen LogP contribution in [0.5, 0.6) is 11.5 Å². The number of aromatic nitrogens is 3. The maximum absolute atomic E-state index is 6.45. The average molecular weight is 425 g/mol. The van der Waals surface area contributed by atoms with E-state index in [1.807, 2.05) is 43.3 Å². The van der Waals surface area contributed by atoms with Crippen LogP contribution in [0.4, 0.5) is 0 Å². The van der Waals surface area contributed by atoms with Crippen LogP contribution in [-0.2, 0) is 13.2 Å². The minimum atomic E-state index is 0.360. The van der Waals surface area contributed by atoms with E-state index in [2.05, 4.69) is 15.6 Å². The van der Waals surface area contributed by atoms with Crippen molar-refractivity contribution in [2.24, 2.45) is 0 Å². The van der Waals surface area contributed by atoms with E-state index in [0.717, 1.165) is 11.1 Å². The molecule has 3 rings (SSSR count). The molecule has 0 aliphatic carbocycles. The van der Waals surface area contributed by atoms with Gasteiger partial charge in [-0.25, -0.2) is 4.68 Å². The van der Waals surface area contributed by atoms with Crippen LogP contribution in [0.3, 0.4) is 0 Å². The van der Waals surface area contributed by atoms with Gasteiger partial charge in [-0.05, 0) is 54.5 Å². The van der Waals surface area contributed by atoms with E-state index in [1.54, 1.807) is 11.0 Å². The van der Waals surface area contributed by atoms with Crippen molar-refractivity contribution < 1.29 is 9.47 Å². The van der Waals surface area contributed by atoms with Crippen LogP contribution in [0.2, 0.25) is 10.0 Å². The SMILES string of the molecule is CCOc1cc(CNn2cn[nH]c2=S)cc(Cl)c1OCc1ccc(Cl)cc1. The summed E-state index contributed by atoms with van der Waals surface area (Å²) in [6, 6.07) is 11.2. The molecule has 1 aromatic heterocycles. The van der Waals surface area contributed by atoms with Crippen molar-refractivity contribution in [3.05, 3.63) is 68.7 Å². The number of benzene rings is 2. The van der Waals surface area contributed by atoms with Crippen molar-refractivity contribution in [1.82, 2.24) is 14.9 Å². The third-order valence-electron chi connectivity index (χ3n) is 3.67. The lowest BCUT2D eigenvalue weighted by molar-refractivity contribution is 0.269. The summed E-state index contributed by atoms with van der Waals surface area (Å²) in [7, 11) is 0. The zero-order valence-corrected chi connectivity index (χ0v) is 16.9. The predicted molar refractivity (Wildman–Crippen MR) is 109 cm³/mol. The number of nitrogens with zero attached hydrogens (tertiary/aromatic N) is 2. The third kappa shape index (κ3) is 5.15. The number of halogens is 2. The van der Waals surface area contributed by atoms with E-state index >= 15 is 0 Å². The molecule has 6 nitrogen and oxygen atoms in total. The Bertz CT molecular complexity index is 957. The minimum absolute atomic E-state index is 0.360. The van der Waals surface area contributed by atoms with Gasteiger partial charge in [0.1, 0.15) is 12.9 Å². The summed E-state index contributed by atoms with van der Waals surface area (Å²) >= 11 is 17.5. The van der Waals surface area contributed by atoms with Crippen molar-refractivity contribution in [3.8, 4) is 11.5 Å². The molecular formula is C18H18Cl2N4O2S.